The van der Waals surface area contributed by atoms with Crippen molar-refractivity contribution in [2.75, 3.05) is 6.61 Å². The van der Waals surface area contributed by atoms with Gasteiger partial charge in [0.15, 0.2) is 5.75 Å². The van der Waals surface area contributed by atoms with E-state index in [2.05, 4.69) is 23.0 Å². The van der Waals surface area contributed by atoms with E-state index in [0.717, 1.165) is 35.2 Å². The van der Waals surface area contributed by atoms with Crippen LogP contribution in [-0.2, 0) is 17.6 Å². The minimum atomic E-state index is -0.879. The minimum absolute atomic E-state index is 0.0161. The molecule has 0 saturated carbocycles. The fraction of sp³-hybridized carbons (Fsp3) is 0.290. The zero-order valence-corrected chi connectivity index (χ0v) is 22.6. The van der Waals surface area contributed by atoms with E-state index in [4.69, 9.17) is 14.8 Å². The smallest absolute Gasteiger partial charge is 0.303 e. The van der Waals surface area contributed by atoms with Crippen LogP contribution in [0.4, 0.5) is 0 Å². The Morgan fingerprint density at radius 2 is 1.80 bits per heavy atom. The molecule has 9 nitrogen and oxygen atoms in total. The molecule has 0 spiro atoms. The number of aromatic nitrogens is 4. The molecule has 4 rings (SSSR count). The number of aryl methyl sites for hydroxylation is 2. The Labute approximate surface area is 232 Å². The van der Waals surface area contributed by atoms with Crippen LogP contribution in [0, 0.1) is 18.3 Å². The normalized spacial score (nSPS) is 10.7. The maximum atomic E-state index is 13.8. The van der Waals surface area contributed by atoms with Crippen molar-refractivity contribution in [3.05, 3.63) is 99.5 Å². The lowest BCUT2D eigenvalue weighted by Crippen LogP contribution is -2.29. The first-order valence-electron chi connectivity index (χ1n) is 13.3. The van der Waals surface area contributed by atoms with Gasteiger partial charge in [-0.15, -0.1) is 0 Å². The first kappa shape index (κ1) is 28.2. The Morgan fingerprint density at radius 3 is 2.48 bits per heavy atom. The third-order valence-corrected chi connectivity index (χ3v) is 6.51. The van der Waals surface area contributed by atoms with Crippen LogP contribution in [0.25, 0.3) is 17.1 Å². The molecule has 0 aliphatic rings. The van der Waals surface area contributed by atoms with Crippen LogP contribution in [-0.4, -0.2) is 37.2 Å². The summed E-state index contributed by atoms with van der Waals surface area (Å²) in [5.41, 5.74) is 4.53. The van der Waals surface area contributed by atoms with Gasteiger partial charge in [0.05, 0.1) is 36.3 Å². The van der Waals surface area contributed by atoms with E-state index in [1.54, 1.807) is 13.0 Å². The van der Waals surface area contributed by atoms with Gasteiger partial charge < -0.3 is 9.84 Å². The van der Waals surface area contributed by atoms with Crippen molar-refractivity contribution in [3.63, 3.8) is 0 Å². The molecule has 9 heteroatoms. The molecule has 0 aliphatic heterocycles. The third kappa shape index (κ3) is 6.77. The summed E-state index contributed by atoms with van der Waals surface area (Å²) in [7, 11) is 0. The standard InChI is InChI=1S/C31H31N5O4/c1-3-4-10-28-27(17-22-12-14-23(15-13-22)26-9-6-5-8-24(26)18-32)30(39)36(21(2)35-28)31-33-19-25(20-34-31)40-16-7-11-29(37)38/h5-6,8-9,12-15,19-20H,3-4,7,10-11,16-17H2,1-2H3,(H,37,38). The number of nitrogens with zero attached hydrogens (tertiary/aromatic N) is 5. The number of hydrogen-bond donors (Lipinski definition) is 1. The molecule has 0 amide bonds. The highest BCUT2D eigenvalue weighted by Gasteiger charge is 2.18. The predicted octanol–water partition coefficient (Wildman–Crippen LogP) is 5.05. The Kier molecular flexibility index (Phi) is 9.36. The van der Waals surface area contributed by atoms with Crippen LogP contribution >= 0.6 is 0 Å². The lowest BCUT2D eigenvalue weighted by molar-refractivity contribution is -0.137. The molecule has 2 heterocycles. The molecule has 2 aromatic heterocycles. The van der Waals surface area contributed by atoms with Gasteiger partial charge in [0, 0.05) is 18.4 Å². The molecule has 40 heavy (non-hydrogen) atoms. The summed E-state index contributed by atoms with van der Waals surface area (Å²) in [6, 6.07) is 17.6. The van der Waals surface area contributed by atoms with Crippen LogP contribution in [0.2, 0.25) is 0 Å². The molecule has 2 aromatic carbocycles. The molecule has 0 atom stereocenters. The predicted molar refractivity (Wildman–Crippen MR) is 151 cm³/mol. The van der Waals surface area contributed by atoms with Crippen LogP contribution in [0.15, 0.2) is 65.7 Å². The summed E-state index contributed by atoms with van der Waals surface area (Å²) in [5, 5.41) is 18.2. The molecule has 1 N–H and O–H groups in total. The van der Waals surface area contributed by atoms with Gasteiger partial charge in [-0.2, -0.15) is 5.26 Å². The van der Waals surface area contributed by atoms with Crippen molar-refractivity contribution in [2.24, 2.45) is 0 Å². The molecule has 0 fully saturated rings. The monoisotopic (exact) mass is 537 g/mol. The summed E-state index contributed by atoms with van der Waals surface area (Å²) in [5.74, 6) is 0.208. The van der Waals surface area contributed by atoms with E-state index in [-0.39, 0.29) is 24.5 Å². The van der Waals surface area contributed by atoms with E-state index in [9.17, 15) is 14.9 Å². The maximum Gasteiger partial charge on any atom is 0.303 e. The second kappa shape index (κ2) is 13.3. The molecule has 0 saturated heterocycles. The van der Waals surface area contributed by atoms with Crippen LogP contribution in [0.1, 0.15) is 60.8 Å². The summed E-state index contributed by atoms with van der Waals surface area (Å²) in [4.78, 5) is 38.0. The van der Waals surface area contributed by atoms with Gasteiger partial charge in [-0.25, -0.2) is 19.5 Å². The minimum Gasteiger partial charge on any atom is -0.490 e. The van der Waals surface area contributed by atoms with E-state index < -0.39 is 5.97 Å². The number of carboxylic acid groups (broad SMARTS) is 1. The van der Waals surface area contributed by atoms with Gasteiger partial charge in [0.25, 0.3) is 5.56 Å². The van der Waals surface area contributed by atoms with Crippen LogP contribution in [0.3, 0.4) is 0 Å². The van der Waals surface area contributed by atoms with Crippen molar-refractivity contribution in [3.8, 4) is 28.9 Å². The van der Waals surface area contributed by atoms with Gasteiger partial charge in [0.1, 0.15) is 5.82 Å². The molecule has 204 valence electrons. The van der Waals surface area contributed by atoms with Crippen molar-refractivity contribution >= 4 is 5.97 Å². The quantitative estimate of drug-likeness (QED) is 0.249. The summed E-state index contributed by atoms with van der Waals surface area (Å²) >= 11 is 0. The van der Waals surface area contributed by atoms with E-state index in [1.807, 2.05) is 42.5 Å². The SMILES string of the molecule is CCCCc1nc(C)n(-c2ncc(OCCCC(=O)O)cn2)c(=O)c1Cc1ccc(-c2ccccc2C#N)cc1. The highest BCUT2D eigenvalue weighted by molar-refractivity contribution is 5.70. The number of ether oxygens (including phenoxy) is 1. The second-order valence-electron chi connectivity index (χ2n) is 9.42. The number of aliphatic carboxylic acids is 1. The fourth-order valence-corrected chi connectivity index (χ4v) is 4.43. The molecular formula is C31H31N5O4. The number of hydrogen-bond acceptors (Lipinski definition) is 7. The third-order valence-electron chi connectivity index (χ3n) is 6.51. The average molecular weight is 538 g/mol. The van der Waals surface area contributed by atoms with Crippen molar-refractivity contribution < 1.29 is 14.6 Å². The first-order chi connectivity index (χ1) is 19.4. The fourth-order valence-electron chi connectivity index (χ4n) is 4.43. The summed E-state index contributed by atoms with van der Waals surface area (Å²) < 4.78 is 6.93. The molecule has 4 aromatic rings. The lowest BCUT2D eigenvalue weighted by Gasteiger charge is -2.15. The van der Waals surface area contributed by atoms with Gasteiger partial charge >= 0.3 is 5.97 Å². The van der Waals surface area contributed by atoms with Gasteiger partial charge in [-0.1, -0.05) is 55.8 Å². The Bertz CT molecular complexity index is 1570. The zero-order chi connectivity index (χ0) is 28.5. The molecular weight excluding hydrogens is 506 g/mol. The number of unbranched alkanes of at least 4 members (excludes halogenated alkanes) is 1. The molecule has 0 aliphatic carbocycles. The summed E-state index contributed by atoms with van der Waals surface area (Å²) in [6.45, 7) is 4.10. The van der Waals surface area contributed by atoms with Crippen molar-refractivity contribution in [2.45, 2.75) is 52.4 Å². The molecule has 0 unspecified atom stereocenters. The largest absolute Gasteiger partial charge is 0.490 e. The van der Waals surface area contributed by atoms with Gasteiger partial charge in [-0.05, 0) is 48.9 Å². The average Bonchev–Trinajstić information content (AvgIpc) is 2.97. The number of nitriles is 1. The van der Waals surface area contributed by atoms with E-state index >= 15 is 0 Å². The highest BCUT2D eigenvalue weighted by Crippen LogP contribution is 2.24. The second-order valence-corrected chi connectivity index (χ2v) is 9.42. The summed E-state index contributed by atoms with van der Waals surface area (Å²) in [6.07, 6.45) is 6.31. The Balaban J connectivity index is 1.62. The first-order valence-corrected chi connectivity index (χ1v) is 13.3. The molecule has 0 bridgehead atoms. The van der Waals surface area contributed by atoms with Crippen LogP contribution < -0.4 is 10.3 Å². The maximum absolute atomic E-state index is 13.8. The van der Waals surface area contributed by atoms with Gasteiger partial charge in [-0.3, -0.25) is 9.59 Å². The molecule has 0 radical (unpaired) electrons. The van der Waals surface area contributed by atoms with E-state index in [1.165, 1.54) is 17.0 Å². The number of benzene rings is 2. The van der Waals surface area contributed by atoms with Gasteiger partial charge in [0.2, 0.25) is 5.95 Å². The zero-order valence-electron chi connectivity index (χ0n) is 22.6. The topological polar surface area (TPSA) is 131 Å². The Hall–Kier alpha value is -4.84. The van der Waals surface area contributed by atoms with Crippen molar-refractivity contribution in [1.29, 1.82) is 5.26 Å². The van der Waals surface area contributed by atoms with E-state index in [0.29, 0.717) is 42.0 Å². The number of carboxylic acids is 1. The van der Waals surface area contributed by atoms with Crippen molar-refractivity contribution in [1.82, 2.24) is 19.5 Å². The number of carbonyl (C=O) groups is 1. The Morgan fingerprint density at radius 1 is 1.07 bits per heavy atom. The lowest BCUT2D eigenvalue weighted by atomic mass is 9.97. The van der Waals surface area contributed by atoms with Crippen LogP contribution in [0.5, 0.6) is 5.75 Å². The highest BCUT2D eigenvalue weighted by atomic mass is 16.5. The number of rotatable bonds is 12.